The van der Waals surface area contributed by atoms with Crippen LogP contribution in [0.3, 0.4) is 0 Å². The second-order valence-electron chi connectivity index (χ2n) is 4.67. The molecule has 6 nitrogen and oxygen atoms in total. The summed E-state index contributed by atoms with van der Waals surface area (Å²) in [6.07, 6.45) is 0. The minimum atomic E-state index is -0.472. The second kappa shape index (κ2) is 5.00. The van der Waals surface area contributed by atoms with Crippen molar-refractivity contribution < 1.29 is 24.5 Å². The van der Waals surface area contributed by atoms with Crippen molar-refractivity contribution in [1.29, 1.82) is 0 Å². The van der Waals surface area contributed by atoms with Gasteiger partial charge in [-0.2, -0.15) is 0 Å². The van der Waals surface area contributed by atoms with Gasteiger partial charge in [0.1, 0.15) is 22.6 Å². The maximum Gasteiger partial charge on any atom is 0.204 e. The lowest BCUT2D eigenvalue weighted by Gasteiger charge is -2.09. The highest BCUT2D eigenvalue weighted by Crippen LogP contribution is 2.40. The molecule has 0 bridgehead atoms. The van der Waals surface area contributed by atoms with Gasteiger partial charge in [0.25, 0.3) is 0 Å². The normalized spacial score (nSPS) is 10.8. The summed E-state index contributed by atoms with van der Waals surface area (Å²) in [6, 6.07) is 8.32. The average Bonchev–Trinajstić information content (AvgIpc) is 2.47. The molecule has 0 atom stereocenters. The molecule has 0 aliphatic heterocycles. The lowest BCUT2D eigenvalue weighted by Crippen LogP contribution is -2.02. The van der Waals surface area contributed by atoms with Gasteiger partial charge in [-0.1, -0.05) is 0 Å². The zero-order valence-electron chi connectivity index (χ0n) is 11.5. The van der Waals surface area contributed by atoms with Crippen LogP contribution in [0.25, 0.3) is 22.3 Å². The van der Waals surface area contributed by atoms with E-state index < -0.39 is 5.43 Å². The fraction of sp³-hybridized carbons (Fsp3) is 0.0625. The Labute approximate surface area is 124 Å². The molecule has 112 valence electrons. The van der Waals surface area contributed by atoms with Crippen LogP contribution in [0.4, 0.5) is 0 Å². The molecule has 6 heteroatoms. The van der Waals surface area contributed by atoms with Gasteiger partial charge in [-0.25, -0.2) is 0 Å². The van der Waals surface area contributed by atoms with Crippen molar-refractivity contribution >= 4 is 11.0 Å². The highest BCUT2D eigenvalue weighted by Gasteiger charge is 2.18. The van der Waals surface area contributed by atoms with Gasteiger partial charge in [0.05, 0.1) is 7.11 Å². The topological polar surface area (TPSA) is 100 Å². The third-order valence-electron chi connectivity index (χ3n) is 3.27. The predicted molar refractivity (Wildman–Crippen MR) is 79.5 cm³/mol. The predicted octanol–water partition coefficient (Wildman–Crippen LogP) is 2.59. The van der Waals surface area contributed by atoms with Gasteiger partial charge < -0.3 is 24.5 Å². The molecule has 1 heterocycles. The number of aromatic hydroxyl groups is 3. The first-order valence-corrected chi connectivity index (χ1v) is 6.37. The van der Waals surface area contributed by atoms with Gasteiger partial charge >= 0.3 is 0 Å². The number of hydrogen-bond donors (Lipinski definition) is 3. The first kappa shape index (κ1) is 13.8. The van der Waals surface area contributed by atoms with Crippen molar-refractivity contribution in [3.05, 3.63) is 46.6 Å². The van der Waals surface area contributed by atoms with Crippen LogP contribution in [0.2, 0.25) is 0 Å². The third kappa shape index (κ3) is 2.10. The van der Waals surface area contributed by atoms with Crippen LogP contribution in [-0.2, 0) is 0 Å². The lowest BCUT2D eigenvalue weighted by atomic mass is 10.1. The highest BCUT2D eigenvalue weighted by molar-refractivity contribution is 5.91. The Morgan fingerprint density at radius 3 is 2.32 bits per heavy atom. The fourth-order valence-corrected chi connectivity index (χ4v) is 2.24. The number of hydrogen-bond acceptors (Lipinski definition) is 6. The van der Waals surface area contributed by atoms with E-state index >= 15 is 0 Å². The molecule has 0 aliphatic carbocycles. The van der Waals surface area contributed by atoms with Crippen LogP contribution in [0.1, 0.15) is 0 Å². The van der Waals surface area contributed by atoms with Crippen LogP contribution in [0.5, 0.6) is 23.0 Å². The Hall–Kier alpha value is -3.15. The summed E-state index contributed by atoms with van der Waals surface area (Å²) in [4.78, 5) is 12.2. The summed E-state index contributed by atoms with van der Waals surface area (Å²) in [5, 5.41) is 28.9. The van der Waals surface area contributed by atoms with Crippen LogP contribution in [0.15, 0.2) is 45.6 Å². The number of rotatable bonds is 2. The minimum Gasteiger partial charge on any atom is -0.508 e. The molecule has 0 unspecified atom stereocenters. The third-order valence-corrected chi connectivity index (χ3v) is 3.27. The van der Waals surface area contributed by atoms with Crippen molar-refractivity contribution in [1.82, 2.24) is 0 Å². The second-order valence-corrected chi connectivity index (χ2v) is 4.67. The summed E-state index contributed by atoms with van der Waals surface area (Å²) < 4.78 is 10.7. The Morgan fingerprint density at radius 1 is 1.00 bits per heavy atom. The monoisotopic (exact) mass is 300 g/mol. The molecule has 0 saturated heterocycles. The van der Waals surface area contributed by atoms with E-state index in [1.807, 2.05) is 0 Å². The first-order chi connectivity index (χ1) is 10.5. The summed E-state index contributed by atoms with van der Waals surface area (Å²) in [6.45, 7) is 0. The van der Waals surface area contributed by atoms with E-state index in [1.54, 1.807) is 12.1 Å². The molecule has 22 heavy (non-hydrogen) atoms. The molecule has 1 aromatic heterocycles. The van der Waals surface area contributed by atoms with E-state index in [2.05, 4.69) is 0 Å². The number of ether oxygens (including phenoxy) is 1. The molecule has 3 aromatic rings. The van der Waals surface area contributed by atoms with Crippen molar-refractivity contribution in [2.75, 3.05) is 7.11 Å². The van der Waals surface area contributed by atoms with Crippen molar-refractivity contribution in [2.24, 2.45) is 0 Å². The molecule has 2 aromatic carbocycles. The van der Waals surface area contributed by atoms with Crippen LogP contribution in [0, 0.1) is 0 Å². The van der Waals surface area contributed by atoms with E-state index in [-0.39, 0.29) is 39.7 Å². The van der Waals surface area contributed by atoms with E-state index in [1.165, 1.54) is 25.3 Å². The number of benzene rings is 2. The van der Waals surface area contributed by atoms with Crippen LogP contribution in [-0.4, -0.2) is 22.4 Å². The SMILES string of the molecule is COc1c(O)cc(O)c2c(=O)cc(-c3ccc(O)cc3)oc12. The average molecular weight is 300 g/mol. The summed E-state index contributed by atoms with van der Waals surface area (Å²) in [5.74, 6) is -0.455. The number of phenolic OH excluding ortho intramolecular Hbond substituents is 3. The van der Waals surface area contributed by atoms with Gasteiger partial charge in [-0.15, -0.1) is 0 Å². The molecular weight excluding hydrogens is 288 g/mol. The first-order valence-electron chi connectivity index (χ1n) is 6.37. The lowest BCUT2D eigenvalue weighted by molar-refractivity contribution is 0.367. The standard InChI is InChI=1S/C16H12O6/c1-21-15-12(20)6-10(18)14-11(19)7-13(22-16(14)15)8-2-4-9(17)5-3-8/h2-7,17-18,20H,1H3. The van der Waals surface area contributed by atoms with Gasteiger partial charge in [0.15, 0.2) is 16.8 Å². The van der Waals surface area contributed by atoms with E-state index in [4.69, 9.17) is 9.15 Å². The molecule has 3 rings (SSSR count). The maximum atomic E-state index is 12.2. The van der Waals surface area contributed by atoms with Crippen molar-refractivity contribution in [2.45, 2.75) is 0 Å². The van der Waals surface area contributed by atoms with E-state index in [0.717, 1.165) is 6.07 Å². The molecule has 0 fully saturated rings. The minimum absolute atomic E-state index is 0.0365. The van der Waals surface area contributed by atoms with Gasteiger partial charge in [-0.05, 0) is 24.3 Å². The smallest absolute Gasteiger partial charge is 0.204 e. The van der Waals surface area contributed by atoms with Crippen LogP contribution >= 0.6 is 0 Å². The molecule has 0 radical (unpaired) electrons. The maximum absolute atomic E-state index is 12.2. The van der Waals surface area contributed by atoms with Gasteiger partial charge in [0.2, 0.25) is 5.75 Å². The molecule has 0 saturated carbocycles. The highest BCUT2D eigenvalue weighted by atomic mass is 16.5. The van der Waals surface area contributed by atoms with E-state index in [9.17, 15) is 20.1 Å². The molecule has 3 N–H and O–H groups in total. The zero-order chi connectivity index (χ0) is 15.9. The fourth-order valence-electron chi connectivity index (χ4n) is 2.24. The Kier molecular flexibility index (Phi) is 3.14. The summed E-state index contributed by atoms with van der Waals surface area (Å²) >= 11 is 0. The Bertz CT molecular complexity index is 909. The van der Waals surface area contributed by atoms with Crippen LogP contribution < -0.4 is 10.2 Å². The summed E-state index contributed by atoms with van der Waals surface area (Å²) in [7, 11) is 1.32. The molecule has 0 amide bonds. The number of phenols is 3. The van der Waals surface area contributed by atoms with Crippen molar-refractivity contribution in [3.63, 3.8) is 0 Å². The molecule has 0 aliphatic rings. The van der Waals surface area contributed by atoms with Gasteiger partial charge in [0, 0.05) is 17.7 Å². The number of methoxy groups -OCH3 is 1. The quantitative estimate of drug-likeness (QED) is 0.672. The molecule has 0 spiro atoms. The summed E-state index contributed by atoms with van der Waals surface area (Å²) in [5.41, 5.74) is 0.0392. The largest absolute Gasteiger partial charge is 0.508 e. The number of fused-ring (bicyclic) bond motifs is 1. The zero-order valence-corrected chi connectivity index (χ0v) is 11.5. The van der Waals surface area contributed by atoms with Crippen molar-refractivity contribution in [3.8, 4) is 34.3 Å². The van der Waals surface area contributed by atoms with Gasteiger partial charge in [-0.3, -0.25) is 4.79 Å². The Balaban J connectivity index is 2.36. The Morgan fingerprint density at radius 2 is 1.68 bits per heavy atom. The van der Waals surface area contributed by atoms with E-state index in [0.29, 0.717) is 5.56 Å². The molecular formula is C16H12O6.